The Labute approximate surface area is 94.8 Å². The fourth-order valence-corrected chi connectivity index (χ4v) is 1.03. The number of cyclic esters (lactones) is 2. The van der Waals surface area contributed by atoms with E-state index in [1.807, 2.05) is 6.92 Å². The van der Waals surface area contributed by atoms with Crippen LogP contribution in [0.1, 0.15) is 39.5 Å². The minimum atomic E-state index is -2.45. The van der Waals surface area contributed by atoms with E-state index in [0.717, 1.165) is 12.8 Å². The van der Waals surface area contributed by atoms with Crippen LogP contribution in [-0.4, -0.2) is 40.2 Å². The number of unbranched alkanes of at least 4 members (excludes halogenated alkanes) is 2. The molecule has 0 radical (unpaired) electrons. The van der Waals surface area contributed by atoms with Crippen molar-refractivity contribution in [2.24, 2.45) is 0 Å². The van der Waals surface area contributed by atoms with Crippen LogP contribution in [0.2, 0.25) is 0 Å². The number of rotatable bonds is 4. The number of hydrogen-bond donors (Lipinski definition) is 3. The lowest BCUT2D eigenvalue weighted by molar-refractivity contribution is -0.314. The van der Waals surface area contributed by atoms with Crippen molar-refractivity contribution in [3.05, 3.63) is 0 Å². The normalized spacial score (nSPS) is 19.6. The van der Waals surface area contributed by atoms with Crippen molar-refractivity contribution in [2.45, 2.75) is 51.6 Å². The molecule has 1 saturated heterocycles. The molecule has 6 nitrogen and oxygen atoms in total. The molecule has 0 aromatic rings. The first-order chi connectivity index (χ1) is 7.35. The molecule has 0 aromatic carbocycles. The molecule has 0 aliphatic carbocycles. The summed E-state index contributed by atoms with van der Waals surface area (Å²) in [6.07, 6.45) is 2.03. The molecular weight excluding hydrogens is 216 g/mol. The monoisotopic (exact) mass is 236 g/mol. The van der Waals surface area contributed by atoms with E-state index >= 15 is 0 Å². The Morgan fingerprint density at radius 2 is 2.00 bits per heavy atom. The molecule has 16 heavy (non-hydrogen) atoms. The zero-order chi connectivity index (χ0) is 12.6. The van der Waals surface area contributed by atoms with Gasteiger partial charge in [0, 0.05) is 6.42 Å². The average molecular weight is 236 g/mol. The summed E-state index contributed by atoms with van der Waals surface area (Å²) in [5.41, 5.74) is 0. The van der Waals surface area contributed by atoms with Gasteiger partial charge in [0.05, 0.1) is 0 Å². The fourth-order valence-electron chi connectivity index (χ4n) is 1.03. The van der Waals surface area contributed by atoms with Crippen LogP contribution in [0.5, 0.6) is 0 Å². The van der Waals surface area contributed by atoms with Gasteiger partial charge in [-0.15, -0.1) is 0 Å². The van der Waals surface area contributed by atoms with E-state index in [1.165, 1.54) is 0 Å². The Kier molecular flexibility index (Phi) is 7.03. The number of ether oxygens (including phenoxy) is 2. The highest BCUT2D eigenvalue weighted by Gasteiger charge is 2.19. The van der Waals surface area contributed by atoms with Gasteiger partial charge in [0.15, 0.2) is 0 Å². The Bertz CT molecular complexity index is 198. The lowest BCUT2D eigenvalue weighted by Crippen LogP contribution is -2.26. The topological polar surface area (TPSA) is 96.2 Å². The first-order valence-corrected chi connectivity index (χ1v) is 5.35. The largest absolute Gasteiger partial charge is 0.508 e. The molecular formula is C10H20O6. The first-order valence-electron chi connectivity index (χ1n) is 5.35. The van der Waals surface area contributed by atoms with Crippen LogP contribution < -0.4 is 0 Å². The third-order valence-electron chi connectivity index (χ3n) is 1.85. The van der Waals surface area contributed by atoms with Gasteiger partial charge in [-0.3, -0.25) is 0 Å². The van der Waals surface area contributed by atoms with E-state index in [4.69, 9.17) is 15.3 Å². The summed E-state index contributed by atoms with van der Waals surface area (Å²) in [6.45, 7) is 4.19. The van der Waals surface area contributed by atoms with E-state index in [0.29, 0.717) is 13.0 Å². The maximum absolute atomic E-state index is 10.0. The number of aliphatic hydroxyl groups is 3. The molecule has 6 heteroatoms. The molecule has 0 bridgehead atoms. The fraction of sp³-hybridized carbons (Fsp3) is 0.900. The molecule has 1 atom stereocenters. The highest BCUT2D eigenvalue weighted by molar-refractivity contribution is 5.61. The molecule has 0 aromatic heterocycles. The smallest absolute Gasteiger partial charge is 0.430 e. The quantitative estimate of drug-likeness (QED) is 0.378. The van der Waals surface area contributed by atoms with Gasteiger partial charge in [0.2, 0.25) is 0 Å². The first kappa shape index (κ1) is 15.2. The lowest BCUT2D eigenvalue weighted by Gasteiger charge is -2.12. The summed E-state index contributed by atoms with van der Waals surface area (Å²) in [4.78, 5) is 10.0. The van der Waals surface area contributed by atoms with Crippen LogP contribution in [0.4, 0.5) is 4.79 Å². The van der Waals surface area contributed by atoms with Gasteiger partial charge >= 0.3 is 6.16 Å². The molecule has 1 rings (SSSR count). The second-order valence-electron chi connectivity index (χ2n) is 3.72. The zero-order valence-corrected chi connectivity index (χ0v) is 9.68. The van der Waals surface area contributed by atoms with Crippen molar-refractivity contribution in [2.75, 3.05) is 6.61 Å². The van der Waals surface area contributed by atoms with Gasteiger partial charge in [0.25, 0.3) is 5.97 Å². The van der Waals surface area contributed by atoms with E-state index in [9.17, 15) is 4.79 Å². The molecule has 0 spiro atoms. The summed E-state index contributed by atoms with van der Waals surface area (Å²) >= 11 is 0. The second-order valence-corrected chi connectivity index (χ2v) is 3.72. The number of carbonyl (C=O) groups is 1. The molecule has 1 aliphatic heterocycles. The van der Waals surface area contributed by atoms with Gasteiger partial charge in [0.1, 0.15) is 12.7 Å². The molecule has 96 valence electrons. The Morgan fingerprint density at radius 1 is 1.38 bits per heavy atom. The number of carbonyl (C=O) groups excluding carboxylic acids is 1. The van der Waals surface area contributed by atoms with Gasteiger partial charge in [-0.1, -0.05) is 19.8 Å². The average Bonchev–Trinajstić information content (AvgIpc) is 2.49. The maximum atomic E-state index is 10.0. The molecule has 0 amide bonds. The van der Waals surface area contributed by atoms with Crippen LogP contribution in [-0.2, 0) is 9.47 Å². The van der Waals surface area contributed by atoms with Gasteiger partial charge in [-0.05, 0) is 13.3 Å². The molecule has 3 N–H and O–H groups in total. The van der Waals surface area contributed by atoms with Crippen LogP contribution in [0.25, 0.3) is 0 Å². The standard InChI is InChI=1S/C6H14O3.C4H6O3/c1-2-3-4-5-6(7,8)9;1-3-2-6-4(5)7-3/h7-9H,2-5H2,1H3;3H,2H2,1H3. The van der Waals surface area contributed by atoms with Crippen molar-refractivity contribution >= 4 is 6.16 Å². The summed E-state index contributed by atoms with van der Waals surface area (Å²) in [5, 5.41) is 25.1. The van der Waals surface area contributed by atoms with Crippen LogP contribution in [0, 0.1) is 0 Å². The second kappa shape index (κ2) is 7.43. The SMILES string of the molecule is CC1COC(=O)O1.CCCCCC(O)(O)O. The van der Waals surface area contributed by atoms with Crippen LogP contribution in [0.15, 0.2) is 0 Å². The van der Waals surface area contributed by atoms with Crippen molar-refractivity contribution < 1.29 is 29.6 Å². The van der Waals surface area contributed by atoms with Crippen LogP contribution >= 0.6 is 0 Å². The van der Waals surface area contributed by atoms with E-state index in [-0.39, 0.29) is 12.5 Å². The summed E-state index contributed by atoms with van der Waals surface area (Å²) in [6, 6.07) is 0. The van der Waals surface area contributed by atoms with E-state index in [1.54, 1.807) is 6.92 Å². The highest BCUT2D eigenvalue weighted by Crippen LogP contribution is 2.07. The minimum absolute atomic E-state index is 0.0425. The van der Waals surface area contributed by atoms with Gasteiger partial charge in [-0.2, -0.15) is 0 Å². The van der Waals surface area contributed by atoms with E-state index < -0.39 is 12.1 Å². The summed E-state index contributed by atoms with van der Waals surface area (Å²) < 4.78 is 8.90. The van der Waals surface area contributed by atoms with Crippen LogP contribution in [0.3, 0.4) is 0 Å². The van der Waals surface area contributed by atoms with E-state index in [2.05, 4.69) is 9.47 Å². The summed E-state index contributed by atoms with van der Waals surface area (Å²) in [7, 11) is 0. The van der Waals surface area contributed by atoms with Crippen molar-refractivity contribution in [1.29, 1.82) is 0 Å². The predicted octanol–water partition coefficient (Wildman–Crippen LogP) is 0.739. The minimum Gasteiger partial charge on any atom is -0.430 e. The summed E-state index contributed by atoms with van der Waals surface area (Å²) in [5.74, 6) is -2.45. The zero-order valence-electron chi connectivity index (χ0n) is 9.68. The highest BCUT2D eigenvalue weighted by atomic mass is 16.8. The predicted molar refractivity (Wildman–Crippen MR) is 55.4 cm³/mol. The molecule has 1 heterocycles. The van der Waals surface area contributed by atoms with Gasteiger partial charge < -0.3 is 24.8 Å². The molecule has 1 fully saturated rings. The third-order valence-corrected chi connectivity index (χ3v) is 1.85. The third kappa shape index (κ3) is 9.70. The van der Waals surface area contributed by atoms with Crippen molar-refractivity contribution in [3.63, 3.8) is 0 Å². The lowest BCUT2D eigenvalue weighted by atomic mass is 10.2. The molecule has 0 saturated carbocycles. The van der Waals surface area contributed by atoms with Crippen molar-refractivity contribution in [1.82, 2.24) is 0 Å². The Balaban J connectivity index is 0.000000288. The number of hydrogen-bond acceptors (Lipinski definition) is 6. The molecule has 1 unspecified atom stereocenters. The molecule has 1 aliphatic rings. The Morgan fingerprint density at radius 3 is 2.25 bits per heavy atom. The Hall–Kier alpha value is -0.850. The maximum Gasteiger partial charge on any atom is 0.508 e. The van der Waals surface area contributed by atoms with Crippen molar-refractivity contribution in [3.8, 4) is 0 Å². The van der Waals surface area contributed by atoms with Gasteiger partial charge in [-0.25, -0.2) is 4.79 Å².